The first kappa shape index (κ1) is 14.8. The van der Waals surface area contributed by atoms with Crippen LogP contribution in [0.15, 0.2) is 24.3 Å². The van der Waals surface area contributed by atoms with E-state index in [-0.39, 0.29) is 11.3 Å². The minimum atomic E-state index is -0.0778. The molecule has 0 atom stereocenters. The van der Waals surface area contributed by atoms with Crippen LogP contribution in [0.1, 0.15) is 19.4 Å². The molecule has 1 aromatic rings. The van der Waals surface area contributed by atoms with Gasteiger partial charge < -0.3 is 10.1 Å². The molecule has 0 heterocycles. The van der Waals surface area contributed by atoms with E-state index in [0.29, 0.717) is 18.8 Å². The Morgan fingerprint density at radius 3 is 2.78 bits per heavy atom. The van der Waals surface area contributed by atoms with E-state index in [2.05, 4.69) is 5.32 Å². The van der Waals surface area contributed by atoms with Crippen molar-refractivity contribution in [3.8, 4) is 5.75 Å². The lowest BCUT2D eigenvalue weighted by Gasteiger charge is -2.21. The lowest BCUT2D eigenvalue weighted by Crippen LogP contribution is -2.35. The van der Waals surface area contributed by atoms with E-state index in [0.717, 1.165) is 11.3 Å². The molecule has 4 heteroatoms. The van der Waals surface area contributed by atoms with Gasteiger partial charge in [-0.2, -0.15) is 0 Å². The van der Waals surface area contributed by atoms with E-state index in [4.69, 9.17) is 16.3 Å². The highest BCUT2D eigenvalue weighted by molar-refractivity contribution is 6.18. The normalized spacial score (nSPS) is 11.1. The first-order valence-corrected chi connectivity index (χ1v) is 6.46. The summed E-state index contributed by atoms with van der Waals surface area (Å²) in [6.07, 6.45) is 0.357. The second-order valence-electron chi connectivity index (χ2n) is 5.10. The Balaban J connectivity index is 2.49. The van der Waals surface area contributed by atoms with Crippen LogP contribution in [0, 0.1) is 5.41 Å². The van der Waals surface area contributed by atoms with E-state index in [1.807, 2.05) is 38.1 Å². The van der Waals surface area contributed by atoms with Crippen molar-refractivity contribution in [2.75, 3.05) is 19.5 Å². The molecule has 0 spiro atoms. The summed E-state index contributed by atoms with van der Waals surface area (Å²) in [6, 6.07) is 7.52. The average Bonchev–Trinajstić information content (AvgIpc) is 2.37. The van der Waals surface area contributed by atoms with Gasteiger partial charge in [-0.05, 0) is 23.1 Å². The van der Waals surface area contributed by atoms with E-state index in [9.17, 15) is 4.79 Å². The number of hydrogen-bond donors (Lipinski definition) is 1. The Kier molecular flexibility index (Phi) is 5.48. The molecule has 0 aromatic heterocycles. The first-order valence-electron chi connectivity index (χ1n) is 5.92. The first-order chi connectivity index (χ1) is 8.46. The molecule has 0 aliphatic heterocycles. The fraction of sp³-hybridized carbons (Fsp3) is 0.500. The molecule has 18 heavy (non-hydrogen) atoms. The Morgan fingerprint density at radius 2 is 2.17 bits per heavy atom. The summed E-state index contributed by atoms with van der Waals surface area (Å²) in [5.74, 6) is 1.29. The van der Waals surface area contributed by atoms with Crippen molar-refractivity contribution in [2.24, 2.45) is 5.41 Å². The molecule has 1 amide bonds. The summed E-state index contributed by atoms with van der Waals surface area (Å²) < 4.78 is 5.12. The number of hydrogen-bond acceptors (Lipinski definition) is 2. The van der Waals surface area contributed by atoms with Crippen LogP contribution in [0.2, 0.25) is 0 Å². The van der Waals surface area contributed by atoms with Gasteiger partial charge in [0.05, 0.1) is 13.5 Å². The molecule has 100 valence electrons. The van der Waals surface area contributed by atoms with Crippen molar-refractivity contribution in [3.05, 3.63) is 29.8 Å². The second-order valence-corrected chi connectivity index (χ2v) is 5.37. The van der Waals surface area contributed by atoms with Crippen molar-refractivity contribution in [1.82, 2.24) is 5.32 Å². The second kappa shape index (κ2) is 6.64. The fourth-order valence-electron chi connectivity index (χ4n) is 1.42. The summed E-state index contributed by atoms with van der Waals surface area (Å²) >= 11 is 5.81. The number of halogens is 1. The SMILES string of the molecule is COc1cccc(CC(=O)NCC(C)(C)CCl)c1. The number of carbonyl (C=O) groups is 1. The van der Waals surface area contributed by atoms with Crippen LogP contribution >= 0.6 is 11.6 Å². The number of benzene rings is 1. The third-order valence-corrected chi connectivity index (χ3v) is 3.35. The lowest BCUT2D eigenvalue weighted by atomic mass is 9.96. The molecular formula is C14H20ClNO2. The minimum Gasteiger partial charge on any atom is -0.497 e. The Morgan fingerprint density at radius 1 is 1.44 bits per heavy atom. The standard InChI is InChI=1S/C14H20ClNO2/c1-14(2,9-15)10-16-13(17)8-11-5-4-6-12(7-11)18-3/h4-7H,8-10H2,1-3H3,(H,16,17). The molecule has 0 fully saturated rings. The van der Waals surface area contributed by atoms with Gasteiger partial charge in [-0.25, -0.2) is 0 Å². The maximum Gasteiger partial charge on any atom is 0.224 e. The van der Waals surface area contributed by atoms with Crippen LogP contribution in [0.4, 0.5) is 0 Å². The van der Waals surface area contributed by atoms with Crippen molar-refractivity contribution in [1.29, 1.82) is 0 Å². The van der Waals surface area contributed by atoms with Gasteiger partial charge in [0, 0.05) is 12.4 Å². The van der Waals surface area contributed by atoms with Crippen LogP contribution in [-0.2, 0) is 11.2 Å². The summed E-state index contributed by atoms with van der Waals surface area (Å²) in [5, 5.41) is 2.90. The maximum absolute atomic E-state index is 11.8. The Bertz CT molecular complexity index is 405. The Hall–Kier alpha value is -1.22. The van der Waals surface area contributed by atoms with Crippen molar-refractivity contribution in [3.63, 3.8) is 0 Å². The third kappa shape index (κ3) is 4.96. The number of nitrogens with one attached hydrogen (secondary N) is 1. The number of carbonyl (C=O) groups excluding carboxylic acids is 1. The van der Waals surface area contributed by atoms with Gasteiger partial charge in [0.2, 0.25) is 5.91 Å². The molecule has 0 saturated carbocycles. The van der Waals surface area contributed by atoms with E-state index >= 15 is 0 Å². The molecule has 1 aromatic carbocycles. The molecule has 0 aliphatic carbocycles. The summed E-state index contributed by atoms with van der Waals surface area (Å²) in [4.78, 5) is 11.8. The molecule has 0 radical (unpaired) electrons. The quantitative estimate of drug-likeness (QED) is 0.807. The smallest absolute Gasteiger partial charge is 0.224 e. The molecule has 0 unspecified atom stereocenters. The van der Waals surface area contributed by atoms with E-state index < -0.39 is 0 Å². The zero-order chi connectivity index (χ0) is 13.6. The monoisotopic (exact) mass is 269 g/mol. The molecule has 0 bridgehead atoms. The summed E-state index contributed by atoms with van der Waals surface area (Å²) in [7, 11) is 1.61. The highest BCUT2D eigenvalue weighted by Gasteiger charge is 2.17. The third-order valence-electron chi connectivity index (χ3n) is 2.62. The number of methoxy groups -OCH3 is 1. The van der Waals surface area contributed by atoms with Crippen LogP contribution in [0.5, 0.6) is 5.75 Å². The minimum absolute atomic E-state index is 0.00134. The van der Waals surface area contributed by atoms with Crippen LogP contribution in [0.25, 0.3) is 0 Å². The zero-order valence-electron chi connectivity index (χ0n) is 11.1. The van der Waals surface area contributed by atoms with Gasteiger partial charge in [-0.3, -0.25) is 4.79 Å². The van der Waals surface area contributed by atoms with Gasteiger partial charge in [0.1, 0.15) is 5.75 Å². The van der Waals surface area contributed by atoms with Crippen molar-refractivity contribution < 1.29 is 9.53 Å². The lowest BCUT2D eigenvalue weighted by molar-refractivity contribution is -0.120. The number of rotatable bonds is 6. The van der Waals surface area contributed by atoms with Crippen molar-refractivity contribution in [2.45, 2.75) is 20.3 Å². The van der Waals surface area contributed by atoms with Gasteiger partial charge in [-0.15, -0.1) is 11.6 Å². The fourth-order valence-corrected chi connectivity index (χ4v) is 1.51. The van der Waals surface area contributed by atoms with Crippen LogP contribution < -0.4 is 10.1 Å². The highest BCUT2D eigenvalue weighted by Crippen LogP contribution is 2.16. The Labute approximate surface area is 113 Å². The molecule has 1 rings (SSSR count). The summed E-state index contributed by atoms with van der Waals surface area (Å²) in [5.41, 5.74) is 0.863. The van der Waals surface area contributed by atoms with Gasteiger partial charge in [0.25, 0.3) is 0 Å². The highest BCUT2D eigenvalue weighted by atomic mass is 35.5. The molecular weight excluding hydrogens is 250 g/mol. The molecule has 0 saturated heterocycles. The number of ether oxygens (including phenoxy) is 1. The predicted octanol–water partition coefficient (Wildman–Crippen LogP) is 2.62. The van der Waals surface area contributed by atoms with E-state index in [1.54, 1.807) is 7.11 Å². The van der Waals surface area contributed by atoms with Crippen LogP contribution in [0.3, 0.4) is 0 Å². The van der Waals surface area contributed by atoms with Crippen LogP contribution in [-0.4, -0.2) is 25.4 Å². The maximum atomic E-state index is 11.8. The zero-order valence-corrected chi connectivity index (χ0v) is 11.9. The van der Waals surface area contributed by atoms with Gasteiger partial charge >= 0.3 is 0 Å². The molecule has 0 aliphatic rings. The van der Waals surface area contributed by atoms with Gasteiger partial charge in [0.15, 0.2) is 0 Å². The van der Waals surface area contributed by atoms with Crippen molar-refractivity contribution >= 4 is 17.5 Å². The number of alkyl halides is 1. The topological polar surface area (TPSA) is 38.3 Å². The molecule has 3 nitrogen and oxygen atoms in total. The number of amides is 1. The summed E-state index contributed by atoms with van der Waals surface area (Å²) in [6.45, 7) is 4.62. The largest absolute Gasteiger partial charge is 0.497 e. The van der Waals surface area contributed by atoms with Gasteiger partial charge in [-0.1, -0.05) is 26.0 Å². The molecule has 1 N–H and O–H groups in total. The average molecular weight is 270 g/mol. The van der Waals surface area contributed by atoms with E-state index in [1.165, 1.54) is 0 Å². The predicted molar refractivity (Wildman–Crippen MR) is 74.2 cm³/mol.